The standard InChI is InChI=1S/C19H20BrNO/c1-21(2)11-5-8-18-17-7-4-3-6-14(17)12-15-9-10-16(20)13-19(15)22-18/h3-4,6-10,13H,5,11-12H2,1-2H3. The fraction of sp³-hybridized carbons (Fsp3) is 0.263. The lowest BCUT2D eigenvalue weighted by atomic mass is 9.99. The highest BCUT2D eigenvalue weighted by Crippen LogP contribution is 2.35. The lowest BCUT2D eigenvalue weighted by Gasteiger charge is -2.12. The smallest absolute Gasteiger partial charge is 0.132 e. The summed E-state index contributed by atoms with van der Waals surface area (Å²) in [6.07, 6.45) is 4.08. The van der Waals surface area contributed by atoms with Crippen LogP contribution in [0.3, 0.4) is 0 Å². The molecule has 1 aliphatic heterocycles. The maximum absolute atomic E-state index is 6.26. The molecule has 0 fully saturated rings. The molecule has 0 unspecified atom stereocenters. The summed E-state index contributed by atoms with van der Waals surface area (Å²) in [6.45, 7) is 1.01. The molecule has 3 rings (SSSR count). The van der Waals surface area contributed by atoms with Gasteiger partial charge in [0.15, 0.2) is 0 Å². The Morgan fingerprint density at radius 3 is 2.77 bits per heavy atom. The number of benzene rings is 2. The zero-order valence-corrected chi connectivity index (χ0v) is 14.6. The van der Waals surface area contributed by atoms with E-state index in [9.17, 15) is 0 Å². The Hall–Kier alpha value is -1.58. The highest BCUT2D eigenvalue weighted by Gasteiger charge is 2.18. The average Bonchev–Trinajstić information content (AvgIpc) is 2.63. The third-order valence-corrected chi connectivity index (χ3v) is 4.31. The van der Waals surface area contributed by atoms with Gasteiger partial charge in [0, 0.05) is 23.0 Å². The molecular weight excluding hydrogens is 338 g/mol. The van der Waals surface area contributed by atoms with E-state index < -0.39 is 0 Å². The normalized spacial score (nSPS) is 15.2. The molecule has 0 radical (unpaired) electrons. The molecule has 0 aromatic heterocycles. The monoisotopic (exact) mass is 357 g/mol. The number of ether oxygens (including phenoxy) is 1. The molecule has 0 saturated heterocycles. The summed E-state index contributed by atoms with van der Waals surface area (Å²) in [5.41, 5.74) is 3.75. The van der Waals surface area contributed by atoms with Gasteiger partial charge in [0.2, 0.25) is 0 Å². The van der Waals surface area contributed by atoms with E-state index in [1.165, 1.54) is 16.7 Å². The first-order valence-corrected chi connectivity index (χ1v) is 8.32. The van der Waals surface area contributed by atoms with Crippen molar-refractivity contribution in [3.05, 3.63) is 69.7 Å². The van der Waals surface area contributed by atoms with Crippen LogP contribution in [0.1, 0.15) is 23.1 Å². The van der Waals surface area contributed by atoms with Crippen molar-refractivity contribution >= 4 is 21.7 Å². The minimum atomic E-state index is 0.907. The molecule has 2 aromatic carbocycles. The van der Waals surface area contributed by atoms with Gasteiger partial charge in [-0.05, 0) is 49.9 Å². The van der Waals surface area contributed by atoms with Crippen molar-refractivity contribution in [3.63, 3.8) is 0 Å². The van der Waals surface area contributed by atoms with E-state index in [1.54, 1.807) is 0 Å². The summed E-state index contributed by atoms with van der Waals surface area (Å²) in [5, 5.41) is 0. The summed E-state index contributed by atoms with van der Waals surface area (Å²) in [7, 11) is 4.18. The Morgan fingerprint density at radius 1 is 1.14 bits per heavy atom. The van der Waals surface area contributed by atoms with E-state index in [-0.39, 0.29) is 0 Å². The molecule has 2 nitrogen and oxygen atoms in total. The third kappa shape index (κ3) is 3.42. The molecule has 0 aliphatic carbocycles. The van der Waals surface area contributed by atoms with Crippen molar-refractivity contribution in [2.24, 2.45) is 0 Å². The number of nitrogens with zero attached hydrogens (tertiary/aromatic N) is 1. The van der Waals surface area contributed by atoms with Gasteiger partial charge in [-0.3, -0.25) is 0 Å². The van der Waals surface area contributed by atoms with E-state index in [2.05, 4.69) is 83.5 Å². The van der Waals surface area contributed by atoms with Gasteiger partial charge in [-0.2, -0.15) is 0 Å². The lowest BCUT2D eigenvalue weighted by molar-refractivity contribution is 0.415. The second-order valence-corrected chi connectivity index (χ2v) is 6.76. The quantitative estimate of drug-likeness (QED) is 0.787. The van der Waals surface area contributed by atoms with Crippen LogP contribution in [0.25, 0.3) is 5.76 Å². The molecule has 1 aliphatic rings. The molecule has 0 N–H and O–H groups in total. The lowest BCUT2D eigenvalue weighted by Crippen LogP contribution is -2.12. The highest BCUT2D eigenvalue weighted by molar-refractivity contribution is 9.10. The summed E-state index contributed by atoms with van der Waals surface area (Å²) < 4.78 is 7.30. The van der Waals surface area contributed by atoms with Gasteiger partial charge in [0.1, 0.15) is 11.5 Å². The molecule has 0 bridgehead atoms. The molecule has 0 saturated carbocycles. The summed E-state index contributed by atoms with van der Waals surface area (Å²) in [6, 6.07) is 14.8. The number of fused-ring (bicyclic) bond motifs is 2. The largest absolute Gasteiger partial charge is 0.457 e. The van der Waals surface area contributed by atoms with E-state index in [0.29, 0.717) is 0 Å². The van der Waals surface area contributed by atoms with Crippen molar-refractivity contribution < 1.29 is 4.74 Å². The molecule has 2 aromatic rings. The van der Waals surface area contributed by atoms with E-state index in [0.717, 1.165) is 35.4 Å². The fourth-order valence-electron chi connectivity index (χ4n) is 2.67. The fourth-order valence-corrected chi connectivity index (χ4v) is 3.01. The van der Waals surface area contributed by atoms with Gasteiger partial charge in [0.05, 0.1) is 0 Å². The zero-order chi connectivity index (χ0) is 15.5. The van der Waals surface area contributed by atoms with Crippen LogP contribution in [-0.4, -0.2) is 25.5 Å². The first kappa shape index (κ1) is 15.3. The van der Waals surface area contributed by atoms with Crippen LogP contribution in [0, 0.1) is 0 Å². The van der Waals surface area contributed by atoms with Crippen LogP contribution in [0.5, 0.6) is 5.75 Å². The van der Waals surface area contributed by atoms with Gasteiger partial charge in [-0.25, -0.2) is 0 Å². The van der Waals surface area contributed by atoms with E-state index >= 15 is 0 Å². The molecule has 3 heteroatoms. The Labute approximate surface area is 140 Å². The van der Waals surface area contributed by atoms with Crippen molar-refractivity contribution in [3.8, 4) is 5.75 Å². The predicted octanol–water partition coefficient (Wildman–Crippen LogP) is 4.72. The molecule has 114 valence electrons. The average molecular weight is 358 g/mol. The second kappa shape index (κ2) is 6.67. The summed E-state index contributed by atoms with van der Waals surface area (Å²) in [4.78, 5) is 2.18. The van der Waals surface area contributed by atoms with Gasteiger partial charge in [0.25, 0.3) is 0 Å². The van der Waals surface area contributed by atoms with Gasteiger partial charge in [-0.15, -0.1) is 0 Å². The molecule has 0 spiro atoms. The van der Waals surface area contributed by atoms with Crippen LogP contribution in [-0.2, 0) is 6.42 Å². The molecule has 0 amide bonds. The van der Waals surface area contributed by atoms with Crippen LogP contribution in [0.4, 0.5) is 0 Å². The maximum Gasteiger partial charge on any atom is 0.132 e. The van der Waals surface area contributed by atoms with Crippen molar-refractivity contribution in [1.82, 2.24) is 4.90 Å². The molecular formula is C19H20BrNO. The second-order valence-electron chi connectivity index (χ2n) is 5.85. The van der Waals surface area contributed by atoms with Crippen LogP contribution >= 0.6 is 15.9 Å². The Balaban J connectivity index is 2.01. The minimum absolute atomic E-state index is 0.907. The number of halogens is 1. The van der Waals surface area contributed by atoms with Crippen LogP contribution in [0.15, 0.2) is 53.0 Å². The van der Waals surface area contributed by atoms with E-state index in [4.69, 9.17) is 4.74 Å². The predicted molar refractivity (Wildman–Crippen MR) is 95.2 cm³/mol. The zero-order valence-electron chi connectivity index (χ0n) is 13.0. The first-order valence-electron chi connectivity index (χ1n) is 7.53. The summed E-state index contributed by atoms with van der Waals surface area (Å²) in [5.74, 6) is 1.91. The van der Waals surface area contributed by atoms with Gasteiger partial charge < -0.3 is 9.64 Å². The SMILES string of the molecule is CN(C)CCC=C1Oc2cc(Br)ccc2Cc2ccccc21. The Morgan fingerprint density at radius 2 is 1.95 bits per heavy atom. The molecule has 22 heavy (non-hydrogen) atoms. The van der Waals surface area contributed by atoms with Crippen LogP contribution in [0.2, 0.25) is 0 Å². The van der Waals surface area contributed by atoms with Gasteiger partial charge >= 0.3 is 0 Å². The molecule has 1 heterocycles. The Kier molecular flexibility index (Phi) is 4.65. The minimum Gasteiger partial charge on any atom is -0.457 e. The van der Waals surface area contributed by atoms with E-state index in [1.807, 2.05) is 0 Å². The molecule has 0 atom stereocenters. The van der Waals surface area contributed by atoms with Crippen LogP contribution < -0.4 is 4.74 Å². The van der Waals surface area contributed by atoms with Crippen molar-refractivity contribution in [2.75, 3.05) is 20.6 Å². The van der Waals surface area contributed by atoms with Gasteiger partial charge in [-0.1, -0.05) is 46.3 Å². The Bertz CT molecular complexity index is 706. The summed E-state index contributed by atoms with van der Waals surface area (Å²) >= 11 is 3.54. The topological polar surface area (TPSA) is 12.5 Å². The maximum atomic E-state index is 6.26. The third-order valence-electron chi connectivity index (χ3n) is 3.82. The van der Waals surface area contributed by atoms with Crippen molar-refractivity contribution in [1.29, 1.82) is 0 Å². The highest BCUT2D eigenvalue weighted by atomic mass is 79.9. The van der Waals surface area contributed by atoms with Crippen molar-refractivity contribution in [2.45, 2.75) is 12.8 Å². The number of hydrogen-bond donors (Lipinski definition) is 0. The number of rotatable bonds is 3. The first-order chi connectivity index (χ1) is 10.6. The number of hydrogen-bond acceptors (Lipinski definition) is 2.